The van der Waals surface area contributed by atoms with Crippen LogP contribution < -0.4 is 0 Å². The minimum atomic E-state index is -0.843. The van der Waals surface area contributed by atoms with E-state index in [1.807, 2.05) is 6.08 Å². The van der Waals surface area contributed by atoms with E-state index < -0.39 is 5.97 Å². The average Bonchev–Trinajstić information content (AvgIpc) is 2.15. The molecule has 0 saturated heterocycles. The van der Waals surface area contributed by atoms with Gasteiger partial charge in [0.25, 0.3) is 0 Å². The number of carbonyl (C=O) groups is 1. The molecule has 0 bridgehead atoms. The van der Waals surface area contributed by atoms with Gasteiger partial charge in [-0.1, -0.05) is 32.3 Å². The summed E-state index contributed by atoms with van der Waals surface area (Å²) >= 11 is 0. The van der Waals surface area contributed by atoms with Crippen molar-refractivity contribution < 1.29 is 9.90 Å². The second kappa shape index (κ2) is 9.96. The molecule has 1 N–H and O–H groups in total. The number of carboxylic acid groups (broad SMARTS) is 1. The van der Waals surface area contributed by atoms with Gasteiger partial charge in [0, 0.05) is 12.4 Å². The molecule has 0 atom stereocenters. The van der Waals surface area contributed by atoms with Gasteiger partial charge in [-0.05, 0) is 12.8 Å². The number of allylic oxidation sites excluding steroid dienone is 1. The third-order valence-electron chi connectivity index (χ3n) is 1.79. The van der Waals surface area contributed by atoms with Crippen molar-refractivity contribution in [1.29, 1.82) is 0 Å². The molecular weight excluding hydrogens is 178 g/mol. The zero-order valence-corrected chi connectivity index (χ0v) is 8.78. The van der Waals surface area contributed by atoms with Crippen molar-refractivity contribution in [3.05, 3.63) is 12.3 Å². The van der Waals surface area contributed by atoms with E-state index in [9.17, 15) is 4.79 Å². The second-order valence-corrected chi connectivity index (χ2v) is 3.16. The van der Waals surface area contributed by atoms with Gasteiger partial charge in [-0.3, -0.25) is 9.79 Å². The van der Waals surface area contributed by atoms with Crippen LogP contribution in [0.3, 0.4) is 0 Å². The first-order valence-corrected chi connectivity index (χ1v) is 5.15. The van der Waals surface area contributed by atoms with Crippen molar-refractivity contribution >= 4 is 12.2 Å². The number of rotatable bonds is 8. The van der Waals surface area contributed by atoms with Gasteiger partial charge in [-0.2, -0.15) is 0 Å². The molecule has 0 aromatic rings. The van der Waals surface area contributed by atoms with Crippen molar-refractivity contribution in [2.45, 2.75) is 45.4 Å². The fraction of sp³-hybridized carbons (Fsp3) is 0.636. The molecular formula is C11H19NO2. The SMILES string of the molecule is CCCCCCC=CN=CCC(=O)O. The van der Waals surface area contributed by atoms with E-state index in [-0.39, 0.29) is 6.42 Å². The monoisotopic (exact) mass is 197 g/mol. The van der Waals surface area contributed by atoms with Crippen LogP contribution in [-0.4, -0.2) is 17.3 Å². The quantitative estimate of drug-likeness (QED) is 0.480. The predicted octanol–water partition coefficient (Wildman–Crippen LogP) is 3.02. The van der Waals surface area contributed by atoms with Crippen molar-refractivity contribution in [1.82, 2.24) is 0 Å². The zero-order chi connectivity index (χ0) is 10.6. The van der Waals surface area contributed by atoms with Crippen LogP contribution in [0.1, 0.15) is 45.4 Å². The Kier molecular flexibility index (Phi) is 9.17. The lowest BCUT2D eigenvalue weighted by atomic mass is 10.1. The largest absolute Gasteiger partial charge is 0.481 e. The van der Waals surface area contributed by atoms with Crippen molar-refractivity contribution in [3.8, 4) is 0 Å². The molecule has 0 aromatic heterocycles. The summed E-state index contributed by atoms with van der Waals surface area (Å²) in [5.74, 6) is -0.843. The van der Waals surface area contributed by atoms with Gasteiger partial charge < -0.3 is 5.11 Å². The number of aliphatic carboxylic acids is 1. The van der Waals surface area contributed by atoms with Crippen LogP contribution in [0, 0.1) is 0 Å². The average molecular weight is 197 g/mol. The number of aliphatic imine (C=N–C) groups is 1. The smallest absolute Gasteiger partial charge is 0.308 e. The van der Waals surface area contributed by atoms with E-state index in [0.29, 0.717) is 0 Å². The van der Waals surface area contributed by atoms with E-state index in [1.54, 1.807) is 6.20 Å². The minimum Gasteiger partial charge on any atom is -0.481 e. The summed E-state index contributed by atoms with van der Waals surface area (Å²) in [5.41, 5.74) is 0. The van der Waals surface area contributed by atoms with Crippen LogP contribution >= 0.6 is 0 Å². The number of unbranched alkanes of at least 4 members (excludes halogenated alkanes) is 4. The Bertz CT molecular complexity index is 197. The lowest BCUT2D eigenvalue weighted by Gasteiger charge is -1.92. The molecule has 0 unspecified atom stereocenters. The normalized spacial score (nSPS) is 11.5. The van der Waals surface area contributed by atoms with Crippen LogP contribution in [0.4, 0.5) is 0 Å². The molecule has 0 rings (SSSR count). The third-order valence-corrected chi connectivity index (χ3v) is 1.79. The van der Waals surface area contributed by atoms with Crippen LogP contribution in [0.15, 0.2) is 17.3 Å². The van der Waals surface area contributed by atoms with Crippen LogP contribution in [0.25, 0.3) is 0 Å². The van der Waals surface area contributed by atoms with E-state index in [0.717, 1.165) is 6.42 Å². The Labute approximate surface area is 85.6 Å². The summed E-state index contributed by atoms with van der Waals surface area (Å²) in [6.45, 7) is 2.19. The molecule has 0 radical (unpaired) electrons. The standard InChI is InChI=1S/C11H19NO2/c1-2-3-4-5-6-7-9-12-10-8-11(13)14/h7,9-10H,2-6,8H2,1H3,(H,13,14). The van der Waals surface area contributed by atoms with Crippen molar-refractivity contribution in [2.24, 2.45) is 4.99 Å². The Balaban J connectivity index is 3.26. The summed E-state index contributed by atoms with van der Waals surface area (Å²) in [7, 11) is 0. The molecule has 3 heteroatoms. The highest BCUT2D eigenvalue weighted by Gasteiger charge is 1.88. The fourth-order valence-electron chi connectivity index (χ4n) is 1.02. The molecule has 0 amide bonds. The molecule has 0 fully saturated rings. The number of hydrogen-bond donors (Lipinski definition) is 1. The highest BCUT2D eigenvalue weighted by molar-refractivity contribution is 5.84. The van der Waals surface area contributed by atoms with Gasteiger partial charge in [0.05, 0.1) is 6.42 Å². The highest BCUT2D eigenvalue weighted by Crippen LogP contribution is 2.02. The lowest BCUT2D eigenvalue weighted by Crippen LogP contribution is -1.93. The minimum absolute atomic E-state index is 0.000173. The maximum atomic E-state index is 10.1. The van der Waals surface area contributed by atoms with Gasteiger partial charge in [-0.15, -0.1) is 0 Å². The molecule has 3 nitrogen and oxygen atoms in total. The molecule has 0 heterocycles. The van der Waals surface area contributed by atoms with Gasteiger partial charge in [0.15, 0.2) is 0 Å². The Morgan fingerprint density at radius 2 is 2.14 bits per heavy atom. The van der Waals surface area contributed by atoms with E-state index in [2.05, 4.69) is 11.9 Å². The van der Waals surface area contributed by atoms with Crippen LogP contribution in [0.5, 0.6) is 0 Å². The summed E-state index contributed by atoms with van der Waals surface area (Å²) in [6.07, 6.45) is 11.1. The van der Waals surface area contributed by atoms with Gasteiger partial charge in [-0.25, -0.2) is 0 Å². The molecule has 0 saturated carbocycles. The van der Waals surface area contributed by atoms with Crippen LogP contribution in [-0.2, 0) is 4.79 Å². The summed E-state index contributed by atoms with van der Waals surface area (Å²) in [4.78, 5) is 13.9. The second-order valence-electron chi connectivity index (χ2n) is 3.16. The summed E-state index contributed by atoms with van der Waals surface area (Å²) in [5, 5.41) is 8.30. The summed E-state index contributed by atoms with van der Waals surface area (Å²) in [6, 6.07) is 0. The van der Waals surface area contributed by atoms with Gasteiger partial charge >= 0.3 is 5.97 Å². The highest BCUT2D eigenvalue weighted by atomic mass is 16.4. The van der Waals surface area contributed by atoms with Crippen molar-refractivity contribution in [3.63, 3.8) is 0 Å². The maximum Gasteiger partial charge on any atom is 0.308 e. The first-order chi connectivity index (χ1) is 6.77. The number of carboxylic acids is 1. The Morgan fingerprint density at radius 3 is 2.79 bits per heavy atom. The van der Waals surface area contributed by atoms with E-state index >= 15 is 0 Å². The molecule has 14 heavy (non-hydrogen) atoms. The Hall–Kier alpha value is -1.12. The zero-order valence-electron chi connectivity index (χ0n) is 8.78. The van der Waals surface area contributed by atoms with Gasteiger partial charge in [0.2, 0.25) is 0 Å². The summed E-state index contributed by atoms with van der Waals surface area (Å²) < 4.78 is 0. The third kappa shape index (κ3) is 10.9. The number of nitrogens with zero attached hydrogens (tertiary/aromatic N) is 1. The van der Waals surface area contributed by atoms with Crippen LogP contribution in [0.2, 0.25) is 0 Å². The molecule has 0 aliphatic carbocycles. The topological polar surface area (TPSA) is 49.7 Å². The number of hydrogen-bond acceptors (Lipinski definition) is 2. The lowest BCUT2D eigenvalue weighted by molar-refractivity contribution is -0.135. The molecule has 0 spiro atoms. The first kappa shape index (κ1) is 12.9. The molecule has 80 valence electrons. The Morgan fingerprint density at radius 1 is 1.36 bits per heavy atom. The van der Waals surface area contributed by atoms with Crippen molar-refractivity contribution in [2.75, 3.05) is 0 Å². The van der Waals surface area contributed by atoms with Gasteiger partial charge in [0.1, 0.15) is 0 Å². The first-order valence-electron chi connectivity index (χ1n) is 5.15. The molecule has 0 aromatic carbocycles. The maximum absolute atomic E-state index is 10.1. The fourth-order valence-corrected chi connectivity index (χ4v) is 1.02. The molecule has 0 aliphatic rings. The molecule has 0 aliphatic heterocycles. The predicted molar refractivity (Wildman–Crippen MR) is 58.6 cm³/mol. The van der Waals surface area contributed by atoms with E-state index in [4.69, 9.17) is 5.11 Å². The van der Waals surface area contributed by atoms with E-state index in [1.165, 1.54) is 31.9 Å².